The van der Waals surface area contributed by atoms with Gasteiger partial charge in [0.15, 0.2) is 27.8 Å². The van der Waals surface area contributed by atoms with Crippen LogP contribution in [-0.2, 0) is 13.0 Å². The highest BCUT2D eigenvalue weighted by atomic mass is 35.5. The standard InChI is InChI=1S/C37H31ClN2O5S/c1-42-29-17-14-24(20-32(29)44-3)35-27-15-13-23-8-4-6-10-26(23)34(27)39-37-40(35)36(41)33(46-37)19-22-12-16-30(31(18-22)43-2)45-21-25-9-5-7-11-28(25)38/h4-12,14,16-20,35H,13,15,21H2,1-3H3/b33-19+/t35-/m0/s1. The van der Waals surface area contributed by atoms with Crippen molar-refractivity contribution in [3.05, 3.63) is 143 Å². The number of ether oxygens (including phenoxy) is 4. The van der Waals surface area contributed by atoms with Crippen LogP contribution in [0.4, 0.5) is 0 Å². The maximum absolute atomic E-state index is 14.2. The number of nitrogens with zero attached hydrogens (tertiary/aromatic N) is 2. The van der Waals surface area contributed by atoms with Crippen molar-refractivity contribution < 1.29 is 18.9 Å². The van der Waals surface area contributed by atoms with Crippen LogP contribution in [0, 0.1) is 0 Å². The minimum absolute atomic E-state index is 0.105. The quantitative estimate of drug-likeness (QED) is 0.190. The number of aromatic nitrogens is 1. The van der Waals surface area contributed by atoms with Gasteiger partial charge < -0.3 is 18.9 Å². The topological polar surface area (TPSA) is 71.3 Å². The predicted octanol–water partition coefficient (Wildman–Crippen LogP) is 6.58. The van der Waals surface area contributed by atoms with E-state index in [0.717, 1.165) is 46.4 Å². The van der Waals surface area contributed by atoms with Crippen LogP contribution in [0.3, 0.4) is 0 Å². The van der Waals surface area contributed by atoms with E-state index in [9.17, 15) is 4.79 Å². The van der Waals surface area contributed by atoms with Gasteiger partial charge >= 0.3 is 0 Å². The summed E-state index contributed by atoms with van der Waals surface area (Å²) >= 11 is 7.69. The number of rotatable bonds is 8. The monoisotopic (exact) mass is 650 g/mol. The Labute approximate surface area is 275 Å². The first kappa shape index (κ1) is 29.9. The van der Waals surface area contributed by atoms with E-state index in [1.807, 2.05) is 77.4 Å². The van der Waals surface area contributed by atoms with Gasteiger partial charge in [-0.05, 0) is 71.5 Å². The molecular formula is C37H31ClN2O5S. The Morgan fingerprint density at radius 3 is 2.41 bits per heavy atom. The van der Waals surface area contributed by atoms with E-state index in [2.05, 4.69) is 18.2 Å². The van der Waals surface area contributed by atoms with Crippen LogP contribution < -0.4 is 33.8 Å². The number of hydrogen-bond donors (Lipinski definition) is 0. The zero-order valence-electron chi connectivity index (χ0n) is 25.6. The van der Waals surface area contributed by atoms with Gasteiger partial charge in [-0.25, -0.2) is 4.99 Å². The van der Waals surface area contributed by atoms with Crippen LogP contribution in [0.5, 0.6) is 23.0 Å². The van der Waals surface area contributed by atoms with E-state index in [1.54, 1.807) is 21.3 Å². The molecule has 46 heavy (non-hydrogen) atoms. The van der Waals surface area contributed by atoms with Crippen molar-refractivity contribution in [2.24, 2.45) is 4.99 Å². The molecule has 0 N–H and O–H groups in total. The molecule has 7 nitrogen and oxygen atoms in total. The highest BCUT2D eigenvalue weighted by Gasteiger charge is 2.33. The van der Waals surface area contributed by atoms with Gasteiger partial charge in [-0.2, -0.15) is 0 Å². The molecule has 5 aromatic rings. The van der Waals surface area contributed by atoms with Crippen molar-refractivity contribution in [3.63, 3.8) is 0 Å². The predicted molar refractivity (Wildman–Crippen MR) is 181 cm³/mol. The molecule has 0 radical (unpaired) electrons. The summed E-state index contributed by atoms with van der Waals surface area (Å²) in [5, 5.41) is 0.644. The molecule has 0 fully saturated rings. The van der Waals surface area contributed by atoms with Crippen molar-refractivity contribution in [2.45, 2.75) is 25.5 Å². The molecule has 0 bridgehead atoms. The smallest absolute Gasteiger partial charge is 0.271 e. The van der Waals surface area contributed by atoms with E-state index in [1.165, 1.54) is 16.9 Å². The summed E-state index contributed by atoms with van der Waals surface area (Å²) < 4.78 is 25.3. The molecule has 0 unspecified atom stereocenters. The maximum atomic E-state index is 14.2. The normalized spacial score (nSPS) is 15.4. The zero-order valence-corrected chi connectivity index (χ0v) is 27.2. The molecule has 1 aromatic heterocycles. The van der Waals surface area contributed by atoms with Gasteiger partial charge in [-0.3, -0.25) is 9.36 Å². The van der Waals surface area contributed by atoms with Gasteiger partial charge in [-0.1, -0.05) is 77.5 Å². The molecule has 0 saturated heterocycles. The summed E-state index contributed by atoms with van der Waals surface area (Å²) in [5.74, 6) is 2.39. The van der Waals surface area contributed by atoms with E-state index in [-0.39, 0.29) is 11.6 Å². The van der Waals surface area contributed by atoms with Crippen molar-refractivity contribution in [2.75, 3.05) is 21.3 Å². The zero-order chi connectivity index (χ0) is 31.8. The van der Waals surface area contributed by atoms with Crippen LogP contribution in [0.1, 0.15) is 40.3 Å². The van der Waals surface area contributed by atoms with E-state index in [4.69, 9.17) is 35.5 Å². The molecule has 1 aliphatic heterocycles. The summed E-state index contributed by atoms with van der Waals surface area (Å²) in [6.07, 6.45) is 3.56. The van der Waals surface area contributed by atoms with Gasteiger partial charge in [0.05, 0.1) is 37.6 Å². The van der Waals surface area contributed by atoms with Crippen LogP contribution in [-0.4, -0.2) is 25.9 Å². The second-order valence-corrected chi connectivity index (χ2v) is 12.4. The molecule has 4 aromatic carbocycles. The first-order chi connectivity index (χ1) is 22.5. The number of thiazole rings is 1. The van der Waals surface area contributed by atoms with Crippen molar-refractivity contribution in [3.8, 4) is 23.0 Å². The summed E-state index contributed by atoms with van der Waals surface area (Å²) in [6.45, 7) is 0.303. The summed E-state index contributed by atoms with van der Waals surface area (Å²) in [6, 6.07) is 27.1. The third-order valence-electron chi connectivity index (χ3n) is 8.42. The number of hydrogen-bond acceptors (Lipinski definition) is 7. The molecule has 1 atom stereocenters. The van der Waals surface area contributed by atoms with E-state index in [0.29, 0.717) is 44.0 Å². The summed E-state index contributed by atoms with van der Waals surface area (Å²) in [7, 11) is 4.84. The molecule has 232 valence electrons. The first-order valence-electron chi connectivity index (χ1n) is 14.9. The van der Waals surface area contributed by atoms with Gasteiger partial charge in [-0.15, -0.1) is 0 Å². The second kappa shape index (κ2) is 12.5. The summed E-state index contributed by atoms with van der Waals surface area (Å²) in [5.41, 5.74) is 6.96. The number of aryl methyl sites for hydroxylation is 1. The van der Waals surface area contributed by atoms with Gasteiger partial charge in [0.2, 0.25) is 0 Å². The fourth-order valence-corrected chi connectivity index (χ4v) is 7.35. The second-order valence-electron chi connectivity index (χ2n) is 11.0. The lowest BCUT2D eigenvalue weighted by Crippen LogP contribution is -2.38. The number of benzene rings is 4. The number of methoxy groups -OCH3 is 3. The average Bonchev–Trinajstić information content (AvgIpc) is 3.40. The van der Waals surface area contributed by atoms with Crippen molar-refractivity contribution in [1.29, 1.82) is 0 Å². The molecule has 0 spiro atoms. The fraction of sp³-hybridized carbons (Fsp3) is 0.189. The number of allylic oxidation sites excluding steroid dienone is 1. The SMILES string of the molecule is COc1ccc([C@H]2C3=C(N=c4s/c(=C/c5ccc(OCc6ccccc6Cl)c(OC)c5)c(=O)n42)c2ccccc2CC3)cc1OC. The minimum Gasteiger partial charge on any atom is -0.493 e. The number of halogens is 1. The molecule has 0 amide bonds. The van der Waals surface area contributed by atoms with Gasteiger partial charge in [0.1, 0.15) is 6.61 Å². The lowest BCUT2D eigenvalue weighted by Gasteiger charge is -2.31. The Bertz CT molecular complexity index is 2180. The molecule has 2 heterocycles. The lowest BCUT2D eigenvalue weighted by molar-refractivity contribution is 0.284. The summed E-state index contributed by atoms with van der Waals surface area (Å²) in [4.78, 5) is 20.0. The molecule has 7 rings (SSSR count). The van der Waals surface area contributed by atoms with Crippen LogP contribution in [0.25, 0.3) is 11.8 Å². The van der Waals surface area contributed by atoms with Crippen molar-refractivity contribution in [1.82, 2.24) is 4.57 Å². The van der Waals surface area contributed by atoms with Crippen LogP contribution in [0.2, 0.25) is 5.02 Å². The minimum atomic E-state index is -0.336. The first-order valence-corrected chi connectivity index (χ1v) is 16.1. The Hall–Kier alpha value is -4.79. The van der Waals surface area contributed by atoms with E-state index < -0.39 is 0 Å². The van der Waals surface area contributed by atoms with Crippen LogP contribution >= 0.6 is 22.9 Å². The molecule has 0 saturated carbocycles. The highest BCUT2D eigenvalue weighted by Crippen LogP contribution is 2.43. The highest BCUT2D eigenvalue weighted by molar-refractivity contribution is 7.07. The fourth-order valence-electron chi connectivity index (χ4n) is 6.16. The third-order valence-corrected chi connectivity index (χ3v) is 9.77. The van der Waals surface area contributed by atoms with Gasteiger partial charge in [0.25, 0.3) is 5.56 Å². The largest absolute Gasteiger partial charge is 0.493 e. The van der Waals surface area contributed by atoms with Crippen molar-refractivity contribution >= 4 is 34.7 Å². The average molecular weight is 651 g/mol. The Morgan fingerprint density at radius 1 is 0.870 bits per heavy atom. The van der Waals surface area contributed by atoms with Crippen LogP contribution in [0.15, 0.2) is 100 Å². The maximum Gasteiger partial charge on any atom is 0.271 e. The molecule has 1 aliphatic carbocycles. The Morgan fingerprint density at radius 2 is 1.61 bits per heavy atom. The third kappa shape index (κ3) is 5.37. The lowest BCUT2D eigenvalue weighted by atomic mass is 9.83. The van der Waals surface area contributed by atoms with Gasteiger partial charge in [0, 0.05) is 16.1 Å². The number of fused-ring (bicyclic) bond motifs is 3. The molecule has 2 aliphatic rings. The van der Waals surface area contributed by atoms with E-state index >= 15 is 0 Å². The Balaban J connectivity index is 1.33. The molecule has 9 heteroatoms. The molecular weight excluding hydrogens is 620 g/mol. The Kier molecular flexibility index (Phi) is 8.15.